The Morgan fingerprint density at radius 2 is 2.05 bits per heavy atom. The van der Waals surface area contributed by atoms with Gasteiger partial charge in [0.2, 0.25) is 0 Å². The second-order valence-corrected chi connectivity index (χ2v) is 7.62. The number of rotatable bonds is 6. The molecule has 0 saturated heterocycles. The van der Waals surface area contributed by atoms with E-state index in [2.05, 4.69) is 15.9 Å². The lowest BCUT2D eigenvalue weighted by Crippen LogP contribution is -2.33. The highest BCUT2D eigenvalue weighted by molar-refractivity contribution is 9.10. The summed E-state index contributed by atoms with van der Waals surface area (Å²) in [6.07, 6.45) is 1.16. The van der Waals surface area contributed by atoms with Crippen LogP contribution in [0.3, 0.4) is 0 Å². The third-order valence-electron chi connectivity index (χ3n) is 2.51. The zero-order valence-corrected chi connectivity index (χ0v) is 12.8. The predicted molar refractivity (Wildman–Crippen MR) is 75.1 cm³/mol. The maximum Gasteiger partial charge on any atom is 0.153 e. The van der Waals surface area contributed by atoms with Crippen LogP contribution < -0.4 is 5.73 Å². The Kier molecular flexibility index (Phi) is 5.64. The number of halogens is 2. The SMILES string of the molecule is CS(=O)(=O)CCC(N)C(=O)Cc1cc(F)cc(Br)c1. The fourth-order valence-corrected chi connectivity index (χ4v) is 2.74. The number of sulfone groups is 1. The van der Waals surface area contributed by atoms with E-state index < -0.39 is 21.7 Å². The van der Waals surface area contributed by atoms with Crippen LogP contribution in [0.2, 0.25) is 0 Å². The zero-order chi connectivity index (χ0) is 14.6. The van der Waals surface area contributed by atoms with Crippen molar-refractivity contribution in [1.29, 1.82) is 0 Å². The summed E-state index contributed by atoms with van der Waals surface area (Å²) >= 11 is 3.13. The third kappa shape index (κ3) is 6.26. The van der Waals surface area contributed by atoms with Gasteiger partial charge < -0.3 is 5.73 Å². The first kappa shape index (κ1) is 16.3. The van der Waals surface area contributed by atoms with Crippen molar-refractivity contribution in [3.05, 3.63) is 34.1 Å². The Morgan fingerprint density at radius 3 is 2.58 bits per heavy atom. The van der Waals surface area contributed by atoms with Gasteiger partial charge in [0, 0.05) is 17.1 Å². The molecule has 1 rings (SSSR count). The van der Waals surface area contributed by atoms with Gasteiger partial charge in [-0.2, -0.15) is 0 Å². The molecule has 0 aliphatic carbocycles. The Hall–Kier alpha value is -0.790. The lowest BCUT2D eigenvalue weighted by atomic mass is 10.0. The molecule has 0 aliphatic rings. The molecule has 0 bridgehead atoms. The minimum absolute atomic E-state index is 0.0126. The number of carbonyl (C=O) groups is 1. The fourth-order valence-electron chi connectivity index (χ4n) is 1.55. The number of hydrogen-bond acceptors (Lipinski definition) is 4. The topological polar surface area (TPSA) is 77.2 Å². The van der Waals surface area contributed by atoms with Crippen molar-refractivity contribution in [3.8, 4) is 0 Å². The third-order valence-corrected chi connectivity index (χ3v) is 3.95. The monoisotopic (exact) mass is 351 g/mol. The van der Waals surface area contributed by atoms with Gasteiger partial charge >= 0.3 is 0 Å². The van der Waals surface area contributed by atoms with Crippen molar-refractivity contribution in [2.45, 2.75) is 18.9 Å². The summed E-state index contributed by atoms with van der Waals surface area (Å²) in [6.45, 7) is 0. The molecule has 106 valence electrons. The fraction of sp³-hybridized carbons (Fsp3) is 0.417. The first-order valence-electron chi connectivity index (χ1n) is 5.58. The molecular formula is C12H15BrFNO3S. The molecule has 0 aromatic heterocycles. The van der Waals surface area contributed by atoms with E-state index in [0.717, 1.165) is 6.26 Å². The van der Waals surface area contributed by atoms with Gasteiger partial charge in [-0.15, -0.1) is 0 Å². The average Bonchev–Trinajstić information content (AvgIpc) is 2.23. The normalized spacial score (nSPS) is 13.3. The molecule has 7 heteroatoms. The van der Waals surface area contributed by atoms with Crippen LogP contribution in [-0.2, 0) is 21.1 Å². The van der Waals surface area contributed by atoms with Crippen molar-refractivity contribution in [2.24, 2.45) is 5.73 Å². The van der Waals surface area contributed by atoms with Gasteiger partial charge in [0.15, 0.2) is 5.78 Å². The molecule has 19 heavy (non-hydrogen) atoms. The Balaban J connectivity index is 2.63. The summed E-state index contributed by atoms with van der Waals surface area (Å²) in [4.78, 5) is 11.8. The molecule has 0 amide bonds. The van der Waals surface area contributed by atoms with Crippen LogP contribution in [0, 0.1) is 5.82 Å². The van der Waals surface area contributed by atoms with Crippen molar-refractivity contribution in [1.82, 2.24) is 0 Å². The second kappa shape index (κ2) is 6.58. The highest BCUT2D eigenvalue weighted by Crippen LogP contribution is 2.16. The van der Waals surface area contributed by atoms with Gasteiger partial charge in [-0.05, 0) is 30.2 Å². The quantitative estimate of drug-likeness (QED) is 0.841. The summed E-state index contributed by atoms with van der Waals surface area (Å²) in [7, 11) is -3.14. The summed E-state index contributed by atoms with van der Waals surface area (Å²) in [5.74, 6) is -0.879. The highest BCUT2D eigenvalue weighted by Gasteiger charge is 2.16. The Morgan fingerprint density at radius 1 is 1.42 bits per heavy atom. The van der Waals surface area contributed by atoms with E-state index in [4.69, 9.17) is 5.73 Å². The molecular weight excluding hydrogens is 337 g/mol. The van der Waals surface area contributed by atoms with E-state index in [1.54, 1.807) is 6.07 Å². The van der Waals surface area contributed by atoms with Gasteiger partial charge in [0.25, 0.3) is 0 Å². The van der Waals surface area contributed by atoms with E-state index in [0.29, 0.717) is 10.0 Å². The van der Waals surface area contributed by atoms with E-state index >= 15 is 0 Å². The van der Waals surface area contributed by atoms with E-state index in [1.807, 2.05) is 0 Å². The summed E-state index contributed by atoms with van der Waals surface area (Å²) < 4.78 is 35.6. The van der Waals surface area contributed by atoms with E-state index in [9.17, 15) is 17.6 Å². The lowest BCUT2D eigenvalue weighted by molar-refractivity contribution is -0.119. The summed E-state index contributed by atoms with van der Waals surface area (Å²) in [6, 6.07) is 3.32. The number of carbonyl (C=O) groups excluding carboxylic acids is 1. The predicted octanol–water partition coefficient (Wildman–Crippen LogP) is 1.46. The molecule has 0 saturated carbocycles. The number of Topliss-reactive ketones (excluding diaryl/α,β-unsaturated/α-hetero) is 1. The minimum Gasteiger partial charge on any atom is -0.321 e. The maximum atomic E-state index is 13.1. The number of hydrogen-bond donors (Lipinski definition) is 1. The van der Waals surface area contributed by atoms with Crippen LogP contribution in [0.1, 0.15) is 12.0 Å². The molecule has 0 aliphatic heterocycles. The highest BCUT2D eigenvalue weighted by atomic mass is 79.9. The zero-order valence-electron chi connectivity index (χ0n) is 10.4. The Bertz CT molecular complexity index is 554. The van der Waals surface area contributed by atoms with Crippen LogP contribution in [0.5, 0.6) is 0 Å². The van der Waals surface area contributed by atoms with E-state index in [-0.39, 0.29) is 24.4 Å². The minimum atomic E-state index is -3.14. The summed E-state index contributed by atoms with van der Waals surface area (Å²) in [5, 5.41) is 0. The van der Waals surface area contributed by atoms with Gasteiger partial charge in [-0.1, -0.05) is 15.9 Å². The van der Waals surface area contributed by atoms with Crippen LogP contribution in [0.4, 0.5) is 4.39 Å². The molecule has 1 unspecified atom stereocenters. The van der Waals surface area contributed by atoms with Crippen LogP contribution >= 0.6 is 15.9 Å². The molecule has 0 heterocycles. The first-order valence-corrected chi connectivity index (χ1v) is 8.44. The van der Waals surface area contributed by atoms with Gasteiger partial charge in [-0.25, -0.2) is 12.8 Å². The smallest absolute Gasteiger partial charge is 0.153 e. The second-order valence-electron chi connectivity index (χ2n) is 4.45. The molecule has 0 fully saturated rings. The Labute approximate surface area is 120 Å². The van der Waals surface area contributed by atoms with Gasteiger partial charge in [0.05, 0.1) is 11.8 Å². The molecule has 0 radical (unpaired) electrons. The molecule has 0 spiro atoms. The molecule has 1 atom stereocenters. The average molecular weight is 352 g/mol. The van der Waals surface area contributed by atoms with Gasteiger partial charge in [-0.3, -0.25) is 4.79 Å². The van der Waals surface area contributed by atoms with Crippen LogP contribution in [0.25, 0.3) is 0 Å². The van der Waals surface area contributed by atoms with Crippen molar-refractivity contribution in [2.75, 3.05) is 12.0 Å². The van der Waals surface area contributed by atoms with Crippen molar-refractivity contribution < 1.29 is 17.6 Å². The largest absolute Gasteiger partial charge is 0.321 e. The van der Waals surface area contributed by atoms with Crippen molar-refractivity contribution in [3.63, 3.8) is 0 Å². The van der Waals surface area contributed by atoms with Crippen molar-refractivity contribution >= 4 is 31.6 Å². The lowest BCUT2D eigenvalue weighted by Gasteiger charge is -2.10. The number of ketones is 1. The van der Waals surface area contributed by atoms with Crippen LogP contribution in [-0.4, -0.2) is 32.3 Å². The standard InChI is InChI=1S/C12H15BrFNO3S/c1-19(17,18)3-2-11(15)12(16)6-8-4-9(13)7-10(14)5-8/h4-5,7,11H,2-3,6,15H2,1H3. The first-order chi connectivity index (χ1) is 8.67. The molecule has 2 N–H and O–H groups in total. The van der Waals surface area contributed by atoms with Crippen LogP contribution in [0.15, 0.2) is 22.7 Å². The van der Waals surface area contributed by atoms with E-state index in [1.165, 1.54) is 12.1 Å². The maximum absolute atomic E-state index is 13.1. The molecule has 1 aromatic rings. The number of nitrogens with two attached hydrogens (primary N) is 1. The molecule has 4 nitrogen and oxygen atoms in total. The summed E-state index contributed by atoms with van der Waals surface area (Å²) in [5.41, 5.74) is 6.14. The number of benzene rings is 1. The van der Waals surface area contributed by atoms with Gasteiger partial charge in [0.1, 0.15) is 15.7 Å². The molecule has 1 aromatic carbocycles.